The summed E-state index contributed by atoms with van der Waals surface area (Å²) in [5.74, 6) is -0.170. The topological polar surface area (TPSA) is 51.5 Å². The van der Waals surface area contributed by atoms with Crippen LogP contribution in [0.25, 0.3) is 5.70 Å². The molecule has 0 saturated heterocycles. The van der Waals surface area contributed by atoms with Gasteiger partial charge in [-0.3, -0.25) is 4.79 Å². The number of alkyl halides is 3. The quantitative estimate of drug-likeness (QED) is 0.435. The summed E-state index contributed by atoms with van der Waals surface area (Å²) in [7, 11) is 1.26. The Morgan fingerprint density at radius 1 is 1.12 bits per heavy atom. The van der Waals surface area contributed by atoms with Crippen molar-refractivity contribution in [1.29, 1.82) is 0 Å². The highest BCUT2D eigenvalue weighted by Gasteiger charge is 2.32. The molecule has 7 heteroatoms. The van der Waals surface area contributed by atoms with Gasteiger partial charge in [0.25, 0.3) is 0 Å². The minimum atomic E-state index is -4.53. The molecule has 0 radical (unpaired) electrons. The predicted molar refractivity (Wildman–Crippen MR) is 124 cm³/mol. The highest BCUT2D eigenvalue weighted by Crippen LogP contribution is 2.38. The lowest BCUT2D eigenvalue weighted by Gasteiger charge is -2.20. The summed E-state index contributed by atoms with van der Waals surface area (Å²) >= 11 is 0. The number of allylic oxidation sites excluding steroid dienone is 4. The van der Waals surface area contributed by atoms with Crippen molar-refractivity contribution in [3.05, 3.63) is 106 Å². The normalized spacial score (nSPS) is 14.6. The van der Waals surface area contributed by atoms with Crippen LogP contribution in [0.2, 0.25) is 0 Å². The van der Waals surface area contributed by atoms with Gasteiger partial charge in [-0.05, 0) is 56.2 Å². The van der Waals surface area contributed by atoms with E-state index < -0.39 is 17.8 Å². The van der Waals surface area contributed by atoms with Gasteiger partial charge in [-0.25, -0.2) is 0 Å². The Morgan fingerprint density at radius 2 is 1.88 bits per heavy atom. The number of Topliss-reactive ketones (excluding diaryl/α,β-unsaturated/α-hetero) is 1. The second-order valence-electron chi connectivity index (χ2n) is 8.28. The number of methoxy groups -OCH3 is 1. The first-order valence-electron chi connectivity index (χ1n) is 10.7. The van der Waals surface area contributed by atoms with Gasteiger partial charge >= 0.3 is 6.18 Å². The Morgan fingerprint density at radius 3 is 2.56 bits per heavy atom. The molecule has 1 aromatic heterocycles. The lowest BCUT2D eigenvalue weighted by atomic mass is 9.96. The fraction of sp³-hybridized carbons (Fsp3) is 0.222. The molecule has 1 heterocycles. The number of aryl methyl sites for hydroxylation is 2. The van der Waals surface area contributed by atoms with Gasteiger partial charge < -0.3 is 14.4 Å². The van der Waals surface area contributed by atoms with Crippen molar-refractivity contribution in [1.82, 2.24) is 4.57 Å². The molecule has 4 nitrogen and oxygen atoms in total. The second kappa shape index (κ2) is 8.99. The van der Waals surface area contributed by atoms with E-state index in [4.69, 9.17) is 4.74 Å². The SMILES string of the molecule is COc1cc(C(F)(F)F)ccc1C(O)c1cccn1C1=C(C(=O)c2ccc(C)cc2C)CC=C1. The van der Waals surface area contributed by atoms with Gasteiger partial charge in [-0.2, -0.15) is 13.2 Å². The molecular formula is C27H24F3NO3. The molecule has 1 atom stereocenters. The molecule has 176 valence electrons. The Hall–Kier alpha value is -3.58. The number of halogens is 3. The van der Waals surface area contributed by atoms with E-state index in [0.717, 1.165) is 23.3 Å². The molecule has 1 unspecified atom stereocenters. The third-order valence-electron chi connectivity index (χ3n) is 5.98. The Bertz CT molecular complexity index is 1310. The van der Waals surface area contributed by atoms with E-state index in [1.807, 2.05) is 44.2 Å². The summed E-state index contributed by atoms with van der Waals surface area (Å²) in [6, 6.07) is 12.0. The lowest BCUT2D eigenvalue weighted by Crippen LogP contribution is -2.13. The number of ketones is 1. The standard InChI is InChI=1S/C27H24F3NO3/c1-16-9-11-19(17(2)14-16)25(32)20-6-4-7-22(20)31-13-5-8-23(31)26(33)21-12-10-18(27(28,29)30)15-24(21)34-3/h4-5,7-15,26,33H,6H2,1-3H3. The zero-order valence-corrected chi connectivity index (χ0v) is 19.0. The highest BCUT2D eigenvalue weighted by atomic mass is 19.4. The van der Waals surface area contributed by atoms with Crippen molar-refractivity contribution in [2.24, 2.45) is 0 Å². The first-order chi connectivity index (χ1) is 16.1. The van der Waals surface area contributed by atoms with Gasteiger partial charge in [-0.1, -0.05) is 35.9 Å². The number of aliphatic hydroxyl groups is 1. The maximum absolute atomic E-state index is 13.4. The molecule has 0 spiro atoms. The summed E-state index contributed by atoms with van der Waals surface area (Å²) in [5, 5.41) is 11.1. The van der Waals surface area contributed by atoms with Crippen LogP contribution in [0.15, 0.2) is 72.5 Å². The van der Waals surface area contributed by atoms with Crippen molar-refractivity contribution in [3.63, 3.8) is 0 Å². The molecule has 0 bridgehead atoms. The number of rotatable bonds is 6. The zero-order chi connectivity index (χ0) is 24.6. The number of carbonyl (C=O) groups excluding carboxylic acids is 1. The van der Waals surface area contributed by atoms with Crippen molar-refractivity contribution in [2.75, 3.05) is 7.11 Å². The van der Waals surface area contributed by atoms with Crippen LogP contribution in [0.5, 0.6) is 5.75 Å². The molecule has 1 aliphatic rings. The average molecular weight is 467 g/mol. The van der Waals surface area contributed by atoms with Crippen molar-refractivity contribution in [3.8, 4) is 5.75 Å². The summed E-state index contributed by atoms with van der Waals surface area (Å²) in [4.78, 5) is 13.4. The fourth-order valence-corrected chi connectivity index (χ4v) is 4.27. The van der Waals surface area contributed by atoms with Crippen molar-refractivity contribution < 1.29 is 27.8 Å². The monoisotopic (exact) mass is 467 g/mol. The van der Waals surface area contributed by atoms with E-state index in [0.29, 0.717) is 28.9 Å². The molecule has 2 aromatic carbocycles. The number of aromatic nitrogens is 1. The lowest BCUT2D eigenvalue weighted by molar-refractivity contribution is -0.137. The van der Waals surface area contributed by atoms with Gasteiger partial charge in [-0.15, -0.1) is 0 Å². The third kappa shape index (κ3) is 4.31. The predicted octanol–water partition coefficient (Wildman–Crippen LogP) is 6.27. The fourth-order valence-electron chi connectivity index (χ4n) is 4.27. The van der Waals surface area contributed by atoms with Crippen LogP contribution in [-0.2, 0) is 6.18 Å². The van der Waals surface area contributed by atoms with E-state index in [-0.39, 0.29) is 17.1 Å². The van der Waals surface area contributed by atoms with Gasteiger partial charge in [0.15, 0.2) is 5.78 Å². The Labute approximate surface area is 195 Å². The molecule has 3 aromatic rings. The van der Waals surface area contributed by atoms with Gasteiger partial charge in [0.1, 0.15) is 11.9 Å². The minimum absolute atomic E-state index is 0.0717. The first-order valence-corrected chi connectivity index (χ1v) is 10.7. The molecule has 4 rings (SSSR count). The summed E-state index contributed by atoms with van der Waals surface area (Å²) in [6.07, 6.45) is 0.0533. The van der Waals surface area contributed by atoms with Gasteiger partial charge in [0, 0.05) is 22.9 Å². The molecule has 0 fully saturated rings. The third-order valence-corrected chi connectivity index (χ3v) is 5.98. The molecular weight excluding hydrogens is 443 g/mol. The number of nitrogens with zero attached hydrogens (tertiary/aromatic N) is 1. The number of aliphatic hydroxyl groups excluding tert-OH is 1. The van der Waals surface area contributed by atoms with E-state index in [2.05, 4.69) is 0 Å². The number of hydrogen-bond acceptors (Lipinski definition) is 3. The minimum Gasteiger partial charge on any atom is -0.496 e. The molecule has 1 aliphatic carbocycles. The van der Waals surface area contributed by atoms with E-state index >= 15 is 0 Å². The van der Waals surface area contributed by atoms with Crippen LogP contribution in [-0.4, -0.2) is 22.6 Å². The van der Waals surface area contributed by atoms with Gasteiger partial charge in [0.2, 0.25) is 0 Å². The first kappa shape index (κ1) is 23.6. The largest absolute Gasteiger partial charge is 0.496 e. The highest BCUT2D eigenvalue weighted by molar-refractivity contribution is 6.14. The van der Waals surface area contributed by atoms with E-state index in [1.165, 1.54) is 13.2 Å². The number of carbonyl (C=O) groups is 1. The van der Waals surface area contributed by atoms with Crippen LogP contribution < -0.4 is 4.74 Å². The number of benzene rings is 2. The van der Waals surface area contributed by atoms with Crippen LogP contribution in [0, 0.1) is 13.8 Å². The maximum Gasteiger partial charge on any atom is 0.416 e. The van der Waals surface area contributed by atoms with Crippen molar-refractivity contribution >= 4 is 11.5 Å². The van der Waals surface area contributed by atoms with E-state index in [1.54, 1.807) is 22.9 Å². The molecule has 34 heavy (non-hydrogen) atoms. The number of hydrogen-bond donors (Lipinski definition) is 1. The van der Waals surface area contributed by atoms with Gasteiger partial charge in [0.05, 0.1) is 24.1 Å². The van der Waals surface area contributed by atoms with Crippen LogP contribution in [0.4, 0.5) is 13.2 Å². The summed E-state index contributed by atoms with van der Waals surface area (Å²) < 4.78 is 46.2. The zero-order valence-electron chi connectivity index (χ0n) is 19.0. The Kier molecular flexibility index (Phi) is 6.23. The van der Waals surface area contributed by atoms with Crippen LogP contribution in [0.1, 0.15) is 50.8 Å². The molecule has 1 N–H and O–H groups in total. The maximum atomic E-state index is 13.4. The molecule has 0 aliphatic heterocycles. The molecule has 0 amide bonds. The van der Waals surface area contributed by atoms with Crippen LogP contribution in [0.3, 0.4) is 0 Å². The summed E-state index contributed by atoms with van der Waals surface area (Å²) in [5.41, 5.74) is 3.50. The molecule has 0 saturated carbocycles. The second-order valence-corrected chi connectivity index (χ2v) is 8.28. The van der Waals surface area contributed by atoms with E-state index in [9.17, 15) is 23.1 Å². The number of ether oxygens (including phenoxy) is 1. The smallest absolute Gasteiger partial charge is 0.416 e. The van der Waals surface area contributed by atoms with Crippen molar-refractivity contribution in [2.45, 2.75) is 32.5 Å². The van der Waals surface area contributed by atoms with Crippen LogP contribution >= 0.6 is 0 Å². The average Bonchev–Trinajstić information content (AvgIpc) is 3.46. The summed E-state index contributed by atoms with van der Waals surface area (Å²) in [6.45, 7) is 3.86. The Balaban J connectivity index is 1.75.